The summed E-state index contributed by atoms with van der Waals surface area (Å²) >= 11 is 1.34. The fourth-order valence-corrected chi connectivity index (χ4v) is 2.52. The van der Waals surface area contributed by atoms with Crippen molar-refractivity contribution in [2.75, 3.05) is 17.7 Å². The van der Waals surface area contributed by atoms with E-state index in [1.807, 2.05) is 54.8 Å². The van der Waals surface area contributed by atoms with Gasteiger partial charge in [-0.3, -0.25) is 4.79 Å². The number of thioether (sulfide) groups is 1. The molecule has 0 bridgehead atoms. The molecule has 2 aromatic carbocycles. The number of nitrogens with zero attached hydrogens (tertiary/aromatic N) is 3. The monoisotopic (exact) mass is 309 g/mol. The number of amidine groups is 1. The summed E-state index contributed by atoms with van der Waals surface area (Å²) in [4.78, 5) is 18.0. The van der Waals surface area contributed by atoms with E-state index in [2.05, 4.69) is 4.99 Å². The lowest BCUT2D eigenvalue weighted by Gasteiger charge is -2.23. The normalized spacial score (nSPS) is 10.8. The van der Waals surface area contributed by atoms with Crippen LogP contribution in [0.25, 0.3) is 0 Å². The molecule has 0 aliphatic rings. The fraction of sp³-hybridized carbons (Fsp3) is 0.118. The zero-order valence-electron chi connectivity index (χ0n) is 12.1. The highest BCUT2D eigenvalue weighted by atomic mass is 32.2. The van der Waals surface area contributed by atoms with Crippen LogP contribution in [-0.2, 0) is 0 Å². The standard InChI is InChI=1S/C17H15N3OS/c1-22-17(19-13-18)20(15-10-6-3-7-11-15)12-16(21)14-8-4-2-5-9-14/h2-11H,12H2,1H3. The van der Waals surface area contributed by atoms with Crippen molar-refractivity contribution in [3.05, 3.63) is 66.2 Å². The van der Waals surface area contributed by atoms with Crippen molar-refractivity contribution in [3.8, 4) is 6.19 Å². The van der Waals surface area contributed by atoms with Gasteiger partial charge >= 0.3 is 0 Å². The first kappa shape index (κ1) is 15.8. The Morgan fingerprint density at radius 1 is 1.14 bits per heavy atom. The molecule has 4 nitrogen and oxygen atoms in total. The largest absolute Gasteiger partial charge is 0.313 e. The Bertz CT molecular complexity index is 693. The van der Waals surface area contributed by atoms with Crippen LogP contribution in [0.15, 0.2) is 65.7 Å². The van der Waals surface area contributed by atoms with E-state index in [9.17, 15) is 4.79 Å². The zero-order chi connectivity index (χ0) is 15.8. The molecular weight excluding hydrogens is 294 g/mol. The van der Waals surface area contributed by atoms with Gasteiger partial charge in [0.1, 0.15) is 0 Å². The van der Waals surface area contributed by atoms with E-state index < -0.39 is 0 Å². The lowest BCUT2D eigenvalue weighted by molar-refractivity contribution is 0.100. The average Bonchev–Trinajstić information content (AvgIpc) is 2.59. The van der Waals surface area contributed by atoms with Crippen LogP contribution in [0, 0.1) is 11.5 Å². The highest BCUT2D eigenvalue weighted by Crippen LogP contribution is 2.19. The summed E-state index contributed by atoms with van der Waals surface area (Å²) < 4.78 is 0. The first-order chi connectivity index (χ1) is 10.8. The van der Waals surface area contributed by atoms with Crippen molar-refractivity contribution in [3.63, 3.8) is 0 Å². The molecule has 0 saturated heterocycles. The molecule has 0 aliphatic carbocycles. The lowest BCUT2D eigenvalue weighted by atomic mass is 10.1. The fourth-order valence-electron chi connectivity index (χ4n) is 2.00. The molecule has 0 aliphatic heterocycles. The van der Waals surface area contributed by atoms with Crippen LogP contribution in [-0.4, -0.2) is 23.8 Å². The Kier molecular flexibility index (Phi) is 5.75. The van der Waals surface area contributed by atoms with E-state index in [1.165, 1.54) is 11.8 Å². The topological polar surface area (TPSA) is 56.5 Å². The van der Waals surface area contributed by atoms with Gasteiger partial charge in [0.25, 0.3) is 0 Å². The molecule has 22 heavy (non-hydrogen) atoms. The Hall–Kier alpha value is -2.58. The number of aliphatic imine (C=N–C) groups is 1. The van der Waals surface area contributed by atoms with Gasteiger partial charge < -0.3 is 4.90 Å². The molecular formula is C17H15N3OS. The van der Waals surface area contributed by atoms with Crippen molar-refractivity contribution in [2.45, 2.75) is 0 Å². The minimum atomic E-state index is -0.0239. The Balaban J connectivity index is 2.32. The number of nitriles is 1. The third-order valence-electron chi connectivity index (χ3n) is 3.02. The molecule has 0 radical (unpaired) electrons. The molecule has 2 aromatic rings. The van der Waals surface area contributed by atoms with Gasteiger partial charge in [0.2, 0.25) is 6.19 Å². The minimum Gasteiger partial charge on any atom is -0.313 e. The highest BCUT2D eigenvalue weighted by molar-refractivity contribution is 8.13. The maximum absolute atomic E-state index is 12.5. The molecule has 0 unspecified atom stereocenters. The van der Waals surface area contributed by atoms with E-state index in [4.69, 9.17) is 5.26 Å². The molecule has 2 rings (SSSR count). The van der Waals surface area contributed by atoms with Gasteiger partial charge in [-0.15, -0.1) is 4.99 Å². The number of carbonyl (C=O) groups is 1. The molecule has 0 N–H and O–H groups in total. The van der Waals surface area contributed by atoms with Crippen molar-refractivity contribution >= 4 is 28.4 Å². The van der Waals surface area contributed by atoms with Crippen molar-refractivity contribution in [1.82, 2.24) is 0 Å². The summed E-state index contributed by atoms with van der Waals surface area (Å²) in [7, 11) is 0. The van der Waals surface area contributed by atoms with E-state index in [1.54, 1.807) is 23.2 Å². The Labute approximate surface area is 134 Å². The summed E-state index contributed by atoms with van der Waals surface area (Å²) in [6.07, 6.45) is 3.63. The van der Waals surface area contributed by atoms with Gasteiger partial charge in [-0.2, -0.15) is 5.26 Å². The van der Waals surface area contributed by atoms with Gasteiger partial charge in [0, 0.05) is 11.3 Å². The van der Waals surface area contributed by atoms with Crippen LogP contribution in [0.5, 0.6) is 0 Å². The molecule has 0 heterocycles. The Morgan fingerprint density at radius 2 is 1.73 bits per heavy atom. The van der Waals surface area contributed by atoms with E-state index >= 15 is 0 Å². The SMILES string of the molecule is CSC(=NC#N)N(CC(=O)c1ccccc1)c1ccccc1. The van der Waals surface area contributed by atoms with Gasteiger partial charge in [0.05, 0.1) is 6.54 Å². The molecule has 0 saturated carbocycles. The van der Waals surface area contributed by atoms with Gasteiger partial charge in [-0.25, -0.2) is 0 Å². The minimum absolute atomic E-state index is 0.0239. The van der Waals surface area contributed by atoms with E-state index in [0.29, 0.717) is 10.7 Å². The summed E-state index contributed by atoms with van der Waals surface area (Å²) in [6.45, 7) is 0.134. The van der Waals surface area contributed by atoms with E-state index in [0.717, 1.165) is 5.69 Å². The number of ketones is 1. The van der Waals surface area contributed by atoms with Crippen molar-refractivity contribution in [2.24, 2.45) is 4.99 Å². The summed E-state index contributed by atoms with van der Waals surface area (Å²) in [6, 6.07) is 18.6. The van der Waals surface area contributed by atoms with E-state index in [-0.39, 0.29) is 12.3 Å². The number of anilines is 1. The number of benzene rings is 2. The third-order valence-corrected chi connectivity index (χ3v) is 3.70. The predicted molar refractivity (Wildman–Crippen MR) is 91.1 cm³/mol. The number of hydrogen-bond donors (Lipinski definition) is 0. The second kappa shape index (κ2) is 8.01. The smallest absolute Gasteiger partial charge is 0.208 e. The summed E-state index contributed by atoms with van der Waals surface area (Å²) in [5, 5.41) is 9.35. The van der Waals surface area contributed by atoms with Crippen LogP contribution >= 0.6 is 11.8 Å². The second-order valence-electron chi connectivity index (χ2n) is 4.41. The average molecular weight is 309 g/mol. The summed E-state index contributed by atoms with van der Waals surface area (Å²) in [5.41, 5.74) is 1.47. The number of carbonyl (C=O) groups excluding carboxylic acids is 1. The zero-order valence-corrected chi connectivity index (χ0v) is 13.0. The molecule has 5 heteroatoms. The van der Waals surface area contributed by atoms with Crippen LogP contribution in [0.2, 0.25) is 0 Å². The lowest BCUT2D eigenvalue weighted by Crippen LogP contribution is -2.34. The van der Waals surface area contributed by atoms with Gasteiger partial charge in [0.15, 0.2) is 11.0 Å². The Morgan fingerprint density at radius 3 is 2.27 bits per heavy atom. The van der Waals surface area contributed by atoms with Crippen LogP contribution in [0.1, 0.15) is 10.4 Å². The van der Waals surface area contributed by atoms with Crippen molar-refractivity contribution in [1.29, 1.82) is 5.26 Å². The molecule has 0 atom stereocenters. The number of Topliss-reactive ketones (excluding diaryl/α,β-unsaturated/α-hetero) is 1. The maximum Gasteiger partial charge on any atom is 0.208 e. The van der Waals surface area contributed by atoms with Crippen LogP contribution in [0.3, 0.4) is 0 Å². The number of para-hydroxylation sites is 1. The number of hydrogen-bond acceptors (Lipinski definition) is 4. The molecule has 0 aromatic heterocycles. The molecule has 0 spiro atoms. The van der Waals surface area contributed by atoms with Crippen molar-refractivity contribution < 1.29 is 4.79 Å². The summed E-state index contributed by atoms with van der Waals surface area (Å²) in [5.74, 6) is -0.0239. The molecule has 0 amide bonds. The molecule has 110 valence electrons. The number of rotatable bonds is 4. The van der Waals surface area contributed by atoms with Crippen LogP contribution < -0.4 is 4.90 Å². The first-order valence-corrected chi connectivity index (χ1v) is 7.90. The van der Waals surface area contributed by atoms with Gasteiger partial charge in [-0.1, -0.05) is 60.3 Å². The van der Waals surface area contributed by atoms with Gasteiger partial charge in [-0.05, 0) is 18.4 Å². The van der Waals surface area contributed by atoms with Crippen LogP contribution in [0.4, 0.5) is 5.69 Å². The quantitative estimate of drug-likeness (QED) is 0.375. The predicted octanol–water partition coefficient (Wildman–Crippen LogP) is 3.58. The highest BCUT2D eigenvalue weighted by Gasteiger charge is 2.18. The third kappa shape index (κ3) is 3.96. The maximum atomic E-state index is 12.5. The second-order valence-corrected chi connectivity index (χ2v) is 5.18. The molecule has 0 fully saturated rings. The first-order valence-electron chi connectivity index (χ1n) is 6.68.